The van der Waals surface area contributed by atoms with E-state index < -0.39 is 0 Å². The van der Waals surface area contributed by atoms with Crippen molar-refractivity contribution in [3.8, 4) is 6.57 Å². The van der Waals surface area contributed by atoms with Crippen molar-refractivity contribution in [3.05, 3.63) is 106 Å². The molecule has 0 fully saturated rings. The van der Waals surface area contributed by atoms with E-state index in [1.807, 2.05) is 49.4 Å². The van der Waals surface area contributed by atoms with E-state index in [1.165, 1.54) is 0 Å². The lowest BCUT2D eigenvalue weighted by atomic mass is 10.2. The molecular weight excluding hydrogens is 445 g/mol. The van der Waals surface area contributed by atoms with Gasteiger partial charge in [0.2, 0.25) is 10.2 Å². The van der Waals surface area contributed by atoms with Crippen LogP contribution in [0.25, 0.3) is 0 Å². The van der Waals surface area contributed by atoms with E-state index in [4.69, 9.17) is 28.5 Å². The van der Waals surface area contributed by atoms with Gasteiger partial charge in [-0.15, -0.1) is 25.3 Å². The van der Waals surface area contributed by atoms with Gasteiger partial charge < -0.3 is 0 Å². The molecule has 0 heterocycles. The van der Waals surface area contributed by atoms with Crippen molar-refractivity contribution >= 4 is 58.7 Å². The molecule has 0 aliphatic heterocycles. The quantitative estimate of drug-likeness (QED) is 0.403. The fraction of sp³-hybridized carbons (Fsp3) is 0.0455. The molecule has 3 aromatic carbocycles. The predicted molar refractivity (Wildman–Crippen MR) is 127 cm³/mol. The average molecular weight is 464 g/mol. The number of carbonyl (C=O) groups is 2. The third kappa shape index (κ3) is 12.0. The highest BCUT2D eigenvalue weighted by molar-refractivity contribution is 7.97. The average Bonchev–Trinajstić information content (AvgIpc) is 2.74. The minimum Gasteiger partial charge on any atom is -0.282 e. The van der Waals surface area contributed by atoms with Gasteiger partial charge in [0.05, 0.1) is 0 Å². The van der Waals surface area contributed by atoms with Crippen molar-refractivity contribution in [1.29, 1.82) is 5.26 Å². The summed E-state index contributed by atoms with van der Waals surface area (Å²) >= 11 is 18.6. The molecule has 7 heteroatoms. The Hall–Kier alpha value is -2.23. The van der Waals surface area contributed by atoms with Crippen molar-refractivity contribution in [3.63, 3.8) is 0 Å². The summed E-state index contributed by atoms with van der Waals surface area (Å²) in [5.41, 5.74) is 2.34. The number of benzene rings is 3. The summed E-state index contributed by atoms with van der Waals surface area (Å²) < 4.78 is 0. The predicted octanol–water partition coefficient (Wildman–Crippen LogP) is 6.95. The van der Waals surface area contributed by atoms with Gasteiger partial charge >= 0.3 is 0 Å². The Bertz CT molecular complexity index is 894. The van der Waals surface area contributed by atoms with Gasteiger partial charge in [0.1, 0.15) is 0 Å². The third-order valence-corrected chi connectivity index (χ3v) is 4.38. The standard InChI is InChI=1S/C7H5ClOS.C7H7Cl.C7H6OS.CHN/c8-6-3-1-5(2-4-6)7(9)10;1-6-4-2-3-5-7(6)8;8-7(9)6-4-2-1-3-5-6;1-2/h1-4H,(H,9,10);2-5H,1H3;1-5H,(H,8,9);1H. The Labute approximate surface area is 192 Å². The molecule has 3 nitrogen and oxygen atoms in total. The van der Waals surface area contributed by atoms with Crippen LogP contribution >= 0.6 is 48.5 Å². The van der Waals surface area contributed by atoms with Crippen molar-refractivity contribution in [2.24, 2.45) is 0 Å². The van der Waals surface area contributed by atoms with Crippen LogP contribution in [0.1, 0.15) is 26.3 Å². The lowest BCUT2D eigenvalue weighted by molar-refractivity contribution is 0.108. The van der Waals surface area contributed by atoms with E-state index in [-0.39, 0.29) is 10.2 Å². The van der Waals surface area contributed by atoms with E-state index in [9.17, 15) is 9.59 Å². The Morgan fingerprint density at radius 1 is 0.724 bits per heavy atom. The van der Waals surface area contributed by atoms with Crippen molar-refractivity contribution < 1.29 is 9.59 Å². The molecule has 0 aliphatic carbocycles. The van der Waals surface area contributed by atoms with Crippen LogP contribution in [0.4, 0.5) is 0 Å². The van der Waals surface area contributed by atoms with Gasteiger partial charge in [-0.25, -0.2) is 5.26 Å². The minimum atomic E-state index is -0.239. The van der Waals surface area contributed by atoms with Crippen LogP contribution in [0, 0.1) is 18.8 Å². The number of hydrogen-bond donors (Lipinski definition) is 2. The summed E-state index contributed by atoms with van der Waals surface area (Å²) in [7, 11) is 0. The van der Waals surface area contributed by atoms with E-state index in [1.54, 1.807) is 36.4 Å². The SMILES string of the molecule is C#N.Cc1ccccc1Cl.O=C(S)c1ccc(Cl)cc1.O=C(S)c1ccccc1. The number of thiol groups is 2. The first-order valence-electron chi connectivity index (χ1n) is 8.05. The summed E-state index contributed by atoms with van der Waals surface area (Å²) in [4.78, 5) is 21.1. The number of halogens is 2. The van der Waals surface area contributed by atoms with Crippen LogP contribution < -0.4 is 0 Å². The lowest BCUT2D eigenvalue weighted by Crippen LogP contribution is -1.85. The van der Waals surface area contributed by atoms with Crippen molar-refractivity contribution in [2.75, 3.05) is 0 Å². The van der Waals surface area contributed by atoms with Gasteiger partial charge in [-0.05, 0) is 42.8 Å². The van der Waals surface area contributed by atoms with Gasteiger partial charge in [-0.1, -0.05) is 71.7 Å². The van der Waals surface area contributed by atoms with Crippen LogP contribution in [0.15, 0.2) is 78.9 Å². The molecule has 0 saturated heterocycles. The molecule has 0 aliphatic rings. The first kappa shape index (κ1) is 26.8. The van der Waals surface area contributed by atoms with E-state index in [2.05, 4.69) is 31.8 Å². The molecule has 0 aromatic heterocycles. The number of carbonyl (C=O) groups excluding carboxylic acids is 2. The van der Waals surface area contributed by atoms with Crippen LogP contribution in [-0.2, 0) is 0 Å². The number of hydrogen-bond acceptors (Lipinski definition) is 3. The van der Waals surface area contributed by atoms with E-state index in [0.29, 0.717) is 16.1 Å². The molecular formula is C22H19Cl2NO2S2. The molecule has 3 aromatic rings. The second kappa shape index (κ2) is 15.7. The first-order valence-corrected chi connectivity index (χ1v) is 9.70. The van der Waals surface area contributed by atoms with Crippen molar-refractivity contribution in [1.82, 2.24) is 0 Å². The maximum atomic E-state index is 10.6. The summed E-state index contributed by atoms with van der Waals surface area (Å²) in [5, 5.41) is 7.54. The number of nitrogens with zero attached hydrogens (tertiary/aromatic N) is 1. The summed E-state index contributed by atoms with van der Waals surface area (Å²) in [6.07, 6.45) is 0. The highest BCUT2D eigenvalue weighted by atomic mass is 35.5. The fourth-order valence-corrected chi connectivity index (χ4v) is 2.28. The molecule has 0 saturated carbocycles. The van der Waals surface area contributed by atoms with Gasteiger partial charge in [-0.3, -0.25) is 9.59 Å². The summed E-state index contributed by atoms with van der Waals surface area (Å²) in [6.45, 7) is 5.49. The molecule has 0 radical (unpaired) electrons. The van der Waals surface area contributed by atoms with Gasteiger partial charge in [0.25, 0.3) is 0 Å². The van der Waals surface area contributed by atoms with Gasteiger partial charge in [0.15, 0.2) is 0 Å². The number of rotatable bonds is 2. The molecule has 0 atom stereocenters. The lowest BCUT2D eigenvalue weighted by Gasteiger charge is -1.91. The van der Waals surface area contributed by atoms with Crippen molar-refractivity contribution in [2.45, 2.75) is 6.92 Å². The first-order chi connectivity index (χ1) is 13.8. The molecule has 0 unspecified atom stereocenters. The molecule has 0 N–H and O–H groups in total. The Morgan fingerprint density at radius 2 is 1.14 bits per heavy atom. The molecule has 29 heavy (non-hydrogen) atoms. The van der Waals surface area contributed by atoms with Crippen LogP contribution in [0.3, 0.4) is 0 Å². The topological polar surface area (TPSA) is 57.9 Å². The molecule has 0 spiro atoms. The largest absolute Gasteiger partial charge is 0.282 e. The zero-order valence-electron chi connectivity index (χ0n) is 15.5. The molecule has 3 rings (SSSR count). The molecule has 150 valence electrons. The normalized spacial score (nSPS) is 8.66. The Balaban J connectivity index is 0.000000390. The maximum absolute atomic E-state index is 10.6. The Morgan fingerprint density at radius 3 is 1.48 bits per heavy atom. The third-order valence-electron chi connectivity index (χ3n) is 3.19. The monoisotopic (exact) mass is 463 g/mol. The maximum Gasteiger partial charge on any atom is 0.216 e. The van der Waals surface area contributed by atoms with Gasteiger partial charge in [0, 0.05) is 27.7 Å². The number of aryl methyl sites for hydroxylation is 1. The minimum absolute atomic E-state index is 0.185. The zero-order valence-corrected chi connectivity index (χ0v) is 18.8. The highest BCUT2D eigenvalue weighted by Gasteiger charge is 1.97. The molecule has 0 amide bonds. The van der Waals surface area contributed by atoms with E-state index >= 15 is 0 Å². The summed E-state index contributed by atoms with van der Waals surface area (Å²) in [5.74, 6) is 0. The zero-order chi connectivity index (χ0) is 22.2. The van der Waals surface area contributed by atoms with Gasteiger partial charge in [-0.2, -0.15) is 0 Å². The summed E-state index contributed by atoms with van der Waals surface area (Å²) in [6, 6.07) is 23.3. The second-order valence-electron chi connectivity index (χ2n) is 5.23. The smallest absolute Gasteiger partial charge is 0.216 e. The molecule has 0 bridgehead atoms. The fourth-order valence-electron chi connectivity index (χ4n) is 1.72. The number of nitriles is 1. The van der Waals surface area contributed by atoms with Crippen LogP contribution in [0.2, 0.25) is 10.0 Å². The van der Waals surface area contributed by atoms with Crippen LogP contribution in [0.5, 0.6) is 0 Å². The Kier molecular flexibility index (Phi) is 14.5. The van der Waals surface area contributed by atoms with E-state index in [0.717, 1.165) is 10.6 Å². The second-order valence-corrected chi connectivity index (χ2v) is 6.89. The van der Waals surface area contributed by atoms with Crippen LogP contribution in [-0.4, -0.2) is 10.2 Å². The highest BCUT2D eigenvalue weighted by Crippen LogP contribution is 2.12.